The van der Waals surface area contributed by atoms with Gasteiger partial charge in [-0.2, -0.15) is 13.2 Å². The average Bonchev–Trinajstić information content (AvgIpc) is 2.78. The van der Waals surface area contributed by atoms with Gasteiger partial charge in [0.1, 0.15) is 5.75 Å². The fraction of sp³-hybridized carbons (Fsp3) is 0.250. The second kappa shape index (κ2) is 9.82. The van der Waals surface area contributed by atoms with Crippen molar-refractivity contribution in [2.45, 2.75) is 25.6 Å². The van der Waals surface area contributed by atoms with E-state index >= 15 is 0 Å². The molecule has 3 aromatic rings. The van der Waals surface area contributed by atoms with Crippen LogP contribution in [0, 0.1) is 0 Å². The molecule has 0 aliphatic heterocycles. The summed E-state index contributed by atoms with van der Waals surface area (Å²) in [6.45, 7) is 2.57. The Bertz CT molecular complexity index is 1050. The first-order valence-electron chi connectivity index (χ1n) is 10.0. The highest BCUT2D eigenvalue weighted by Crippen LogP contribution is 2.31. The highest BCUT2D eigenvalue weighted by molar-refractivity contribution is 5.92. The van der Waals surface area contributed by atoms with Crippen LogP contribution < -0.4 is 10.5 Å². The predicted octanol–water partition coefficient (Wildman–Crippen LogP) is 5.23. The number of benzene rings is 2. The van der Waals surface area contributed by atoms with Crippen LogP contribution in [-0.2, 0) is 12.6 Å². The Labute approximate surface area is 184 Å². The molecule has 1 heterocycles. The molecule has 2 aromatic carbocycles. The van der Waals surface area contributed by atoms with Crippen LogP contribution in [-0.4, -0.2) is 29.4 Å². The van der Waals surface area contributed by atoms with E-state index in [9.17, 15) is 18.0 Å². The second-order valence-electron chi connectivity index (χ2n) is 7.53. The molecular weight excluding hydrogens is 419 g/mol. The van der Waals surface area contributed by atoms with E-state index in [0.717, 1.165) is 18.1 Å². The van der Waals surface area contributed by atoms with E-state index in [4.69, 9.17) is 10.5 Å². The largest absolute Gasteiger partial charge is 0.439 e. The van der Waals surface area contributed by atoms with Gasteiger partial charge in [-0.15, -0.1) is 0 Å². The van der Waals surface area contributed by atoms with Gasteiger partial charge in [0.15, 0.2) is 0 Å². The van der Waals surface area contributed by atoms with Gasteiger partial charge in [0.05, 0.1) is 11.1 Å². The zero-order valence-electron chi connectivity index (χ0n) is 17.8. The number of aromatic nitrogens is 1. The fourth-order valence-electron chi connectivity index (χ4n) is 3.16. The van der Waals surface area contributed by atoms with Crippen molar-refractivity contribution in [3.8, 4) is 11.6 Å². The first-order chi connectivity index (χ1) is 15.1. The highest BCUT2D eigenvalue weighted by Gasteiger charge is 2.30. The van der Waals surface area contributed by atoms with Gasteiger partial charge in [0.25, 0.3) is 0 Å². The Morgan fingerprint density at radius 2 is 1.84 bits per heavy atom. The molecule has 3 rings (SSSR count). The van der Waals surface area contributed by atoms with Gasteiger partial charge in [0, 0.05) is 24.8 Å². The van der Waals surface area contributed by atoms with Gasteiger partial charge in [-0.25, -0.2) is 4.98 Å². The SMILES string of the molecule is CC(c1cccc(C(F)(F)F)c1)N(C)CCc1ccc(Oc2ccc(C(N)=O)cn2)cc1. The van der Waals surface area contributed by atoms with Crippen LogP contribution in [0.4, 0.5) is 13.2 Å². The van der Waals surface area contributed by atoms with Crippen LogP contribution in [0.2, 0.25) is 0 Å². The third-order valence-electron chi connectivity index (χ3n) is 5.28. The van der Waals surface area contributed by atoms with E-state index in [1.165, 1.54) is 18.3 Å². The molecule has 0 aliphatic rings. The number of hydrogen-bond acceptors (Lipinski definition) is 4. The average molecular weight is 443 g/mol. The van der Waals surface area contributed by atoms with E-state index in [0.29, 0.717) is 29.3 Å². The first kappa shape index (κ1) is 23.3. The summed E-state index contributed by atoms with van der Waals surface area (Å²) in [6.07, 6.45) is -2.27. The maximum absolute atomic E-state index is 13.0. The molecule has 168 valence electrons. The topological polar surface area (TPSA) is 68.5 Å². The number of rotatable bonds is 8. The Morgan fingerprint density at radius 1 is 1.12 bits per heavy atom. The minimum absolute atomic E-state index is 0.158. The van der Waals surface area contributed by atoms with Gasteiger partial charge in [-0.05, 0) is 61.9 Å². The summed E-state index contributed by atoms with van der Waals surface area (Å²) in [4.78, 5) is 17.2. The van der Waals surface area contributed by atoms with E-state index in [1.807, 2.05) is 43.1 Å². The van der Waals surface area contributed by atoms with Gasteiger partial charge in [-0.1, -0.05) is 24.3 Å². The number of halogens is 3. The maximum atomic E-state index is 13.0. The Kier molecular flexibility index (Phi) is 7.15. The third kappa shape index (κ3) is 6.07. The number of primary amides is 1. The first-order valence-corrected chi connectivity index (χ1v) is 10.0. The minimum atomic E-state index is -4.35. The summed E-state index contributed by atoms with van der Waals surface area (Å²) < 4.78 is 44.6. The van der Waals surface area contributed by atoms with Crippen LogP contribution in [0.3, 0.4) is 0 Å². The molecule has 0 saturated carbocycles. The number of alkyl halides is 3. The lowest BCUT2D eigenvalue weighted by Gasteiger charge is -2.25. The van der Waals surface area contributed by atoms with Crippen LogP contribution in [0.1, 0.15) is 40.0 Å². The van der Waals surface area contributed by atoms with Crippen molar-refractivity contribution < 1.29 is 22.7 Å². The summed E-state index contributed by atoms with van der Waals surface area (Å²) in [7, 11) is 1.89. The molecule has 1 unspecified atom stereocenters. The maximum Gasteiger partial charge on any atom is 0.416 e. The molecular formula is C24H24F3N3O2. The monoisotopic (exact) mass is 443 g/mol. The van der Waals surface area contributed by atoms with Crippen molar-refractivity contribution in [1.82, 2.24) is 9.88 Å². The Hall–Kier alpha value is -3.39. The number of likely N-dealkylation sites (N-methyl/N-ethyl adjacent to an activating group) is 1. The molecule has 1 aromatic heterocycles. The lowest BCUT2D eigenvalue weighted by Crippen LogP contribution is -2.25. The standard InChI is InChI=1S/C24H24F3N3O2/c1-16(18-4-3-5-20(14-18)24(25,26)27)30(2)13-12-17-6-9-21(10-7-17)32-22-11-8-19(15-29-22)23(28)31/h3-11,14-16H,12-13H2,1-2H3,(H2,28,31). The highest BCUT2D eigenvalue weighted by atomic mass is 19.4. The van der Waals surface area contributed by atoms with Crippen LogP contribution in [0.25, 0.3) is 0 Å². The smallest absolute Gasteiger partial charge is 0.416 e. The number of amides is 1. The molecule has 32 heavy (non-hydrogen) atoms. The molecule has 0 fully saturated rings. The van der Waals surface area contributed by atoms with Crippen LogP contribution in [0.5, 0.6) is 11.6 Å². The van der Waals surface area contributed by atoms with Crippen molar-refractivity contribution >= 4 is 5.91 Å². The summed E-state index contributed by atoms with van der Waals surface area (Å²) in [5, 5.41) is 0. The predicted molar refractivity (Wildman–Crippen MR) is 115 cm³/mol. The number of nitrogens with zero attached hydrogens (tertiary/aromatic N) is 2. The zero-order valence-corrected chi connectivity index (χ0v) is 17.8. The second-order valence-corrected chi connectivity index (χ2v) is 7.53. The lowest BCUT2D eigenvalue weighted by molar-refractivity contribution is -0.137. The normalized spacial score (nSPS) is 12.6. The molecule has 0 bridgehead atoms. The zero-order chi connectivity index (χ0) is 23.3. The molecule has 0 spiro atoms. The molecule has 5 nitrogen and oxygen atoms in total. The van der Waals surface area contributed by atoms with Crippen molar-refractivity contribution in [3.63, 3.8) is 0 Å². The van der Waals surface area contributed by atoms with Crippen molar-refractivity contribution in [2.24, 2.45) is 5.73 Å². The van der Waals surface area contributed by atoms with Crippen molar-refractivity contribution in [2.75, 3.05) is 13.6 Å². The number of hydrogen-bond donors (Lipinski definition) is 1. The molecule has 8 heteroatoms. The summed E-state index contributed by atoms with van der Waals surface area (Å²) in [5.41, 5.74) is 6.55. The van der Waals surface area contributed by atoms with Crippen molar-refractivity contribution in [1.29, 1.82) is 0 Å². The van der Waals surface area contributed by atoms with Crippen LogP contribution >= 0.6 is 0 Å². The molecule has 1 atom stereocenters. The van der Waals surface area contributed by atoms with Gasteiger partial charge in [-0.3, -0.25) is 9.69 Å². The fourth-order valence-corrected chi connectivity index (χ4v) is 3.16. The summed E-state index contributed by atoms with van der Waals surface area (Å²) in [6, 6.07) is 15.9. The quantitative estimate of drug-likeness (QED) is 0.518. The number of carbonyl (C=O) groups excluding carboxylic acids is 1. The van der Waals surface area contributed by atoms with E-state index in [2.05, 4.69) is 4.98 Å². The number of pyridine rings is 1. The number of nitrogens with two attached hydrogens (primary N) is 1. The van der Waals surface area contributed by atoms with E-state index in [1.54, 1.807) is 18.2 Å². The van der Waals surface area contributed by atoms with Crippen LogP contribution in [0.15, 0.2) is 66.9 Å². The third-order valence-corrected chi connectivity index (χ3v) is 5.28. The minimum Gasteiger partial charge on any atom is -0.439 e. The molecule has 1 amide bonds. The van der Waals surface area contributed by atoms with Crippen molar-refractivity contribution in [3.05, 3.63) is 89.1 Å². The number of ether oxygens (including phenoxy) is 1. The Morgan fingerprint density at radius 3 is 2.44 bits per heavy atom. The Balaban J connectivity index is 1.56. The summed E-state index contributed by atoms with van der Waals surface area (Å²) >= 11 is 0. The molecule has 0 radical (unpaired) electrons. The summed E-state index contributed by atoms with van der Waals surface area (Å²) in [5.74, 6) is 0.386. The molecule has 0 saturated heterocycles. The van der Waals surface area contributed by atoms with Gasteiger partial charge in [0.2, 0.25) is 11.8 Å². The van der Waals surface area contributed by atoms with Gasteiger partial charge >= 0.3 is 6.18 Å². The lowest BCUT2D eigenvalue weighted by atomic mass is 10.0. The van der Waals surface area contributed by atoms with E-state index < -0.39 is 17.6 Å². The van der Waals surface area contributed by atoms with Gasteiger partial charge < -0.3 is 10.5 Å². The molecule has 0 aliphatic carbocycles. The molecule has 2 N–H and O–H groups in total. The number of carbonyl (C=O) groups is 1. The van der Waals surface area contributed by atoms with E-state index in [-0.39, 0.29) is 6.04 Å².